The molecule has 1 heterocycles. The second-order valence-electron chi connectivity index (χ2n) is 10.1. The van der Waals surface area contributed by atoms with Gasteiger partial charge in [0, 0.05) is 19.1 Å². The first-order valence-corrected chi connectivity index (χ1v) is 9.51. The quantitative estimate of drug-likeness (QED) is 0.847. The Bertz CT molecular complexity index is 479. The van der Waals surface area contributed by atoms with E-state index in [2.05, 4.69) is 39.9 Å². The molecule has 1 amide bonds. The summed E-state index contributed by atoms with van der Waals surface area (Å²) in [6, 6.07) is 0.317. The molecule has 1 saturated heterocycles. The third kappa shape index (κ3) is 2.73. The molecule has 2 saturated carbocycles. The zero-order chi connectivity index (χ0) is 17.0. The summed E-state index contributed by atoms with van der Waals surface area (Å²) in [6.07, 6.45) is 5.76. The SMILES string of the molecule is CCC(=O)N[C@@H]1C(C)(C)[C@@H]2C[C@@H]3[C@@H](CC(C)(C)C)OCC[C@@]31C2. The standard InChI is InChI=1S/C20H35NO2/c1-7-16(22)21-17-19(5,6)13-10-14-15(12-18(2,3)4)23-9-8-20(14,17)11-13/h13-15,17H,7-12H2,1-6H3,(H,21,22)/t13-,14-,15-,17-,20-/m1/s1. The zero-order valence-corrected chi connectivity index (χ0v) is 15.9. The zero-order valence-electron chi connectivity index (χ0n) is 15.9. The maximum Gasteiger partial charge on any atom is 0.219 e. The summed E-state index contributed by atoms with van der Waals surface area (Å²) >= 11 is 0. The molecule has 0 unspecified atom stereocenters. The van der Waals surface area contributed by atoms with Crippen molar-refractivity contribution in [2.24, 2.45) is 28.1 Å². The fraction of sp³-hybridized carbons (Fsp3) is 0.950. The van der Waals surface area contributed by atoms with Crippen LogP contribution in [-0.2, 0) is 9.53 Å². The Morgan fingerprint density at radius 2 is 2.00 bits per heavy atom. The Kier molecular flexibility index (Phi) is 4.11. The van der Waals surface area contributed by atoms with E-state index >= 15 is 0 Å². The number of carbonyl (C=O) groups excluding carboxylic acids is 1. The summed E-state index contributed by atoms with van der Waals surface area (Å²) in [5.41, 5.74) is 0.779. The van der Waals surface area contributed by atoms with E-state index in [0.29, 0.717) is 29.9 Å². The first-order valence-electron chi connectivity index (χ1n) is 9.51. The third-order valence-corrected chi connectivity index (χ3v) is 7.06. The number of amides is 1. The molecule has 2 aliphatic carbocycles. The van der Waals surface area contributed by atoms with Gasteiger partial charge in [-0.25, -0.2) is 0 Å². The van der Waals surface area contributed by atoms with Crippen molar-refractivity contribution in [3.05, 3.63) is 0 Å². The van der Waals surface area contributed by atoms with Crippen molar-refractivity contribution in [2.45, 2.75) is 85.8 Å². The van der Waals surface area contributed by atoms with Gasteiger partial charge in [-0.1, -0.05) is 41.5 Å². The number of nitrogens with one attached hydrogen (secondary N) is 1. The summed E-state index contributed by atoms with van der Waals surface area (Å²) in [5.74, 6) is 1.55. The maximum absolute atomic E-state index is 12.2. The van der Waals surface area contributed by atoms with Crippen LogP contribution in [-0.4, -0.2) is 24.7 Å². The van der Waals surface area contributed by atoms with Gasteiger partial charge in [-0.3, -0.25) is 4.79 Å². The van der Waals surface area contributed by atoms with Crippen LogP contribution in [0.3, 0.4) is 0 Å². The van der Waals surface area contributed by atoms with E-state index in [4.69, 9.17) is 4.74 Å². The predicted molar refractivity (Wildman–Crippen MR) is 93.1 cm³/mol. The van der Waals surface area contributed by atoms with Crippen LogP contribution >= 0.6 is 0 Å². The highest BCUT2D eigenvalue weighted by molar-refractivity contribution is 5.76. The Morgan fingerprint density at radius 3 is 2.61 bits per heavy atom. The molecule has 1 spiro atoms. The van der Waals surface area contributed by atoms with Crippen LogP contribution in [0.4, 0.5) is 0 Å². The summed E-state index contributed by atoms with van der Waals surface area (Å²) in [6.45, 7) is 14.5. The molecule has 3 nitrogen and oxygen atoms in total. The molecule has 23 heavy (non-hydrogen) atoms. The molecule has 0 radical (unpaired) electrons. The lowest BCUT2D eigenvalue weighted by Gasteiger charge is -2.54. The number of hydrogen-bond donors (Lipinski definition) is 1. The topological polar surface area (TPSA) is 38.3 Å². The van der Waals surface area contributed by atoms with Crippen molar-refractivity contribution in [3.8, 4) is 0 Å². The van der Waals surface area contributed by atoms with Crippen molar-refractivity contribution >= 4 is 5.91 Å². The molecule has 2 bridgehead atoms. The van der Waals surface area contributed by atoms with Gasteiger partial charge in [-0.05, 0) is 53.8 Å². The average molecular weight is 322 g/mol. The normalized spacial score (nSPS) is 41.7. The highest BCUT2D eigenvalue weighted by atomic mass is 16.5. The molecule has 3 rings (SSSR count). The molecule has 3 heteroatoms. The lowest BCUT2D eigenvalue weighted by atomic mass is 9.58. The van der Waals surface area contributed by atoms with Gasteiger partial charge in [0.2, 0.25) is 5.91 Å². The second kappa shape index (κ2) is 5.47. The van der Waals surface area contributed by atoms with E-state index in [9.17, 15) is 4.79 Å². The third-order valence-electron chi connectivity index (χ3n) is 7.06. The molecule has 3 fully saturated rings. The van der Waals surface area contributed by atoms with Gasteiger partial charge < -0.3 is 10.1 Å². The monoisotopic (exact) mass is 321 g/mol. The number of carbonyl (C=O) groups is 1. The molecule has 5 atom stereocenters. The summed E-state index contributed by atoms with van der Waals surface area (Å²) in [5, 5.41) is 3.43. The Balaban J connectivity index is 1.89. The number of ether oxygens (including phenoxy) is 1. The van der Waals surface area contributed by atoms with Crippen LogP contribution in [0, 0.1) is 28.1 Å². The van der Waals surface area contributed by atoms with E-state index < -0.39 is 0 Å². The lowest BCUT2D eigenvalue weighted by molar-refractivity contribution is -0.140. The predicted octanol–water partition coefficient (Wildman–Crippen LogP) is 4.16. The minimum Gasteiger partial charge on any atom is -0.378 e. The second-order valence-corrected chi connectivity index (χ2v) is 10.1. The molecular formula is C20H35NO2. The molecule has 132 valence electrons. The van der Waals surface area contributed by atoms with Crippen LogP contribution < -0.4 is 5.32 Å². The van der Waals surface area contributed by atoms with Crippen molar-refractivity contribution in [2.75, 3.05) is 6.61 Å². The van der Waals surface area contributed by atoms with Crippen LogP contribution in [0.2, 0.25) is 0 Å². The van der Waals surface area contributed by atoms with E-state index in [0.717, 1.165) is 25.4 Å². The van der Waals surface area contributed by atoms with E-state index in [1.54, 1.807) is 0 Å². The van der Waals surface area contributed by atoms with Crippen molar-refractivity contribution in [3.63, 3.8) is 0 Å². The Hall–Kier alpha value is -0.570. The first-order chi connectivity index (χ1) is 10.6. The molecular weight excluding hydrogens is 286 g/mol. The van der Waals surface area contributed by atoms with Gasteiger partial charge in [-0.15, -0.1) is 0 Å². The van der Waals surface area contributed by atoms with E-state index in [-0.39, 0.29) is 16.7 Å². The largest absolute Gasteiger partial charge is 0.378 e. The van der Waals surface area contributed by atoms with E-state index in [1.165, 1.54) is 12.8 Å². The Morgan fingerprint density at radius 1 is 1.30 bits per heavy atom. The fourth-order valence-electron chi connectivity index (χ4n) is 5.98. The summed E-state index contributed by atoms with van der Waals surface area (Å²) in [7, 11) is 0. The van der Waals surface area contributed by atoms with Gasteiger partial charge in [0.1, 0.15) is 0 Å². The number of fused-ring (bicyclic) bond motifs is 1. The van der Waals surface area contributed by atoms with Crippen molar-refractivity contribution in [1.29, 1.82) is 0 Å². The maximum atomic E-state index is 12.2. The van der Waals surface area contributed by atoms with Gasteiger partial charge in [0.05, 0.1) is 6.10 Å². The summed E-state index contributed by atoms with van der Waals surface area (Å²) < 4.78 is 6.25. The minimum atomic E-state index is 0.211. The van der Waals surface area contributed by atoms with Crippen LogP contribution in [0.15, 0.2) is 0 Å². The van der Waals surface area contributed by atoms with Crippen LogP contribution in [0.25, 0.3) is 0 Å². The first kappa shape index (κ1) is 17.3. The molecule has 0 aromatic heterocycles. The van der Waals surface area contributed by atoms with Gasteiger partial charge in [0.15, 0.2) is 0 Å². The molecule has 0 aromatic carbocycles. The number of rotatable bonds is 3. The van der Waals surface area contributed by atoms with Crippen LogP contribution in [0.5, 0.6) is 0 Å². The molecule has 3 aliphatic rings. The highest BCUT2D eigenvalue weighted by Gasteiger charge is 2.68. The highest BCUT2D eigenvalue weighted by Crippen LogP contribution is 2.69. The molecule has 1 aliphatic heterocycles. The number of hydrogen-bond acceptors (Lipinski definition) is 2. The fourth-order valence-corrected chi connectivity index (χ4v) is 5.98. The summed E-state index contributed by atoms with van der Waals surface area (Å²) in [4.78, 5) is 12.2. The smallest absolute Gasteiger partial charge is 0.219 e. The Labute approximate surface area is 141 Å². The van der Waals surface area contributed by atoms with Crippen molar-refractivity contribution in [1.82, 2.24) is 5.32 Å². The van der Waals surface area contributed by atoms with Gasteiger partial charge >= 0.3 is 0 Å². The molecule has 0 aromatic rings. The lowest BCUT2D eigenvalue weighted by Crippen LogP contribution is -2.60. The molecule has 1 N–H and O–H groups in total. The van der Waals surface area contributed by atoms with E-state index in [1.807, 2.05) is 6.92 Å². The van der Waals surface area contributed by atoms with Gasteiger partial charge in [-0.2, -0.15) is 0 Å². The minimum absolute atomic E-state index is 0.211. The van der Waals surface area contributed by atoms with Crippen LogP contribution in [0.1, 0.15) is 73.6 Å². The van der Waals surface area contributed by atoms with Gasteiger partial charge in [0.25, 0.3) is 0 Å². The average Bonchev–Trinajstić information content (AvgIpc) is 2.91. The van der Waals surface area contributed by atoms with Crippen molar-refractivity contribution < 1.29 is 9.53 Å².